The Morgan fingerprint density at radius 3 is 2.43 bits per heavy atom. The minimum Gasteiger partial charge on any atom is -0.495 e. The van der Waals surface area contributed by atoms with Crippen LogP contribution < -0.4 is 35.4 Å². The number of fused-ring (bicyclic) bond motifs is 1. The first kappa shape index (κ1) is 44.8. The van der Waals surface area contributed by atoms with Gasteiger partial charge in [-0.15, -0.1) is 0 Å². The van der Waals surface area contributed by atoms with Crippen LogP contribution in [-0.2, 0) is 14.4 Å². The summed E-state index contributed by atoms with van der Waals surface area (Å²) in [6.45, 7) is 6.05. The molecule has 5 fully saturated rings. The highest BCUT2D eigenvalue weighted by atomic mass is 19.1. The number of rotatable bonds is 13. The van der Waals surface area contributed by atoms with Crippen molar-refractivity contribution in [1.82, 2.24) is 25.5 Å². The van der Waals surface area contributed by atoms with Crippen molar-refractivity contribution in [1.29, 1.82) is 0 Å². The fourth-order valence-electron chi connectivity index (χ4n) is 11.9. The highest BCUT2D eigenvalue weighted by molar-refractivity contribution is 6.04. The number of hydrogen-bond donors (Lipinski definition) is 4. The Morgan fingerprint density at radius 2 is 1.75 bits per heavy atom. The van der Waals surface area contributed by atoms with Crippen LogP contribution in [0.4, 0.5) is 37.6 Å². The number of nitrogens with zero attached hydrogens (tertiary/aromatic N) is 6. The van der Waals surface area contributed by atoms with Crippen LogP contribution >= 0.6 is 0 Å². The molecule has 1 unspecified atom stereocenters. The average Bonchev–Trinajstić information content (AvgIpc) is 3.99. The minimum atomic E-state index is -1.02. The number of anilines is 5. The van der Waals surface area contributed by atoms with E-state index in [1.807, 2.05) is 11.8 Å². The van der Waals surface area contributed by atoms with Crippen molar-refractivity contribution in [2.24, 2.45) is 11.3 Å². The molecule has 2 saturated carbocycles. The number of likely N-dealkylation sites (N-methyl/N-ethyl adjacent to an activating group) is 1. The summed E-state index contributed by atoms with van der Waals surface area (Å²) in [5, 5.41) is 18.9. The van der Waals surface area contributed by atoms with Gasteiger partial charge in [0.1, 0.15) is 29.1 Å². The maximum absolute atomic E-state index is 15.3. The molecule has 4 aliphatic heterocycles. The third kappa shape index (κ3) is 8.73. The molecular weight excluding hydrogens is 837 g/mol. The summed E-state index contributed by atoms with van der Waals surface area (Å²) in [6, 6.07) is 7.82. The largest absolute Gasteiger partial charge is 0.495 e. The SMILES string of the molecule is CC[C@@H]1C(=O)N(C)c2cnc(Nc3ccc(C(=O)NC4(CCO)CC5(CCN(C[C@@H]6CCN(c7cc(F)c(C8CCC(=O)NC8=O)c(F)c7)C6)CC5)C4)cc3OC)nc2N1C1CCCC1. The molecule has 3 atom stereocenters. The van der Waals surface area contributed by atoms with Gasteiger partial charge in [0.15, 0.2) is 5.82 Å². The van der Waals surface area contributed by atoms with Gasteiger partial charge in [-0.1, -0.05) is 19.8 Å². The number of aliphatic hydroxyl groups excluding tert-OH is 1. The second-order valence-corrected chi connectivity index (χ2v) is 19.4. The smallest absolute Gasteiger partial charge is 0.251 e. The van der Waals surface area contributed by atoms with E-state index in [1.54, 1.807) is 43.5 Å². The fourth-order valence-corrected chi connectivity index (χ4v) is 11.9. The topological polar surface area (TPSA) is 173 Å². The van der Waals surface area contributed by atoms with Crippen molar-refractivity contribution in [3.63, 3.8) is 0 Å². The second-order valence-electron chi connectivity index (χ2n) is 19.4. The Hall–Kier alpha value is -5.42. The summed E-state index contributed by atoms with van der Waals surface area (Å²) < 4.78 is 36.4. The zero-order valence-corrected chi connectivity index (χ0v) is 37.6. The molecule has 348 valence electrons. The van der Waals surface area contributed by atoms with Gasteiger partial charge in [0.05, 0.1) is 24.9 Å². The number of carbonyl (C=O) groups is 4. The molecule has 17 heteroatoms. The van der Waals surface area contributed by atoms with Gasteiger partial charge >= 0.3 is 0 Å². The summed E-state index contributed by atoms with van der Waals surface area (Å²) in [7, 11) is 3.33. The van der Waals surface area contributed by atoms with E-state index in [-0.39, 0.29) is 54.3 Å². The Kier molecular flexibility index (Phi) is 12.5. The van der Waals surface area contributed by atoms with Gasteiger partial charge < -0.3 is 40.1 Å². The number of likely N-dealkylation sites (tertiary alicyclic amines) is 1. The quantitative estimate of drug-likeness (QED) is 0.153. The number of halogens is 2. The molecule has 1 spiro atoms. The predicted octanol–water partition coefficient (Wildman–Crippen LogP) is 5.78. The molecule has 4 amide bonds. The third-order valence-electron chi connectivity index (χ3n) is 15.3. The van der Waals surface area contributed by atoms with Crippen molar-refractivity contribution in [2.45, 2.75) is 114 Å². The molecule has 65 heavy (non-hydrogen) atoms. The van der Waals surface area contributed by atoms with E-state index < -0.39 is 34.9 Å². The zero-order chi connectivity index (χ0) is 45.6. The molecule has 15 nitrogen and oxygen atoms in total. The van der Waals surface area contributed by atoms with Crippen molar-refractivity contribution in [3.8, 4) is 5.75 Å². The summed E-state index contributed by atoms with van der Waals surface area (Å²) in [4.78, 5) is 69.0. The maximum atomic E-state index is 15.3. The number of aromatic nitrogens is 2. The summed E-state index contributed by atoms with van der Waals surface area (Å²) in [5.74, 6) is -1.94. The van der Waals surface area contributed by atoms with E-state index in [4.69, 9.17) is 9.72 Å². The Bertz CT molecular complexity index is 2300. The lowest BCUT2D eigenvalue weighted by Gasteiger charge is -2.59. The Morgan fingerprint density at radius 1 is 1.02 bits per heavy atom. The van der Waals surface area contributed by atoms with E-state index in [1.165, 1.54) is 12.1 Å². The van der Waals surface area contributed by atoms with Crippen LogP contribution in [0.1, 0.15) is 112 Å². The lowest BCUT2D eigenvalue weighted by atomic mass is 9.52. The van der Waals surface area contributed by atoms with E-state index in [9.17, 15) is 24.3 Å². The molecule has 0 bridgehead atoms. The van der Waals surface area contributed by atoms with Crippen molar-refractivity contribution in [3.05, 3.63) is 59.3 Å². The minimum absolute atomic E-state index is 0.0395. The number of amides is 4. The number of hydrogen-bond acceptors (Lipinski definition) is 12. The van der Waals surface area contributed by atoms with Gasteiger partial charge in [0.2, 0.25) is 23.7 Å². The molecule has 6 aliphatic rings. The number of imide groups is 1. The summed E-state index contributed by atoms with van der Waals surface area (Å²) in [5.41, 5.74) is 1.46. The van der Waals surface area contributed by atoms with Gasteiger partial charge in [0.25, 0.3) is 5.91 Å². The standard InChI is InChI=1S/C48H61F2N9O6/c1-4-37-45(64)56(2)38-24-51-46(54-42(38)59(37)31-7-5-6-8-31)52-36-11-9-30(21-39(36)65-3)43(62)55-48(16-20-60)27-47(28-48)14-18-57(19-15-47)25-29-13-17-58(26-29)32-22-34(49)41(35(50)23-32)33-10-12-40(61)53-44(33)63/h9,11,21-24,29,31,33,37,60H,4-8,10,12-20,25-28H2,1-3H3,(H,55,62)(H,51,52,54)(H,53,61,63)/t29-,33?,37+/m0/s1. The lowest BCUT2D eigenvalue weighted by molar-refractivity contribution is -0.134. The predicted molar refractivity (Wildman–Crippen MR) is 242 cm³/mol. The van der Waals surface area contributed by atoms with Crippen molar-refractivity contribution < 1.29 is 37.8 Å². The monoisotopic (exact) mass is 897 g/mol. The molecule has 9 rings (SSSR count). The Labute approximate surface area is 378 Å². The first-order chi connectivity index (χ1) is 31.3. The molecule has 2 aromatic carbocycles. The summed E-state index contributed by atoms with van der Waals surface area (Å²) in [6.07, 6.45) is 11.7. The molecule has 3 saturated heterocycles. The van der Waals surface area contributed by atoms with Crippen molar-refractivity contribution in [2.75, 3.05) is 73.5 Å². The van der Waals surface area contributed by atoms with Crippen LogP contribution in [0.5, 0.6) is 5.75 Å². The fraction of sp³-hybridized carbons (Fsp3) is 0.583. The number of piperidine rings is 2. The molecular formula is C48H61F2N9O6. The second kappa shape index (κ2) is 18.1. The Balaban J connectivity index is 0.791. The van der Waals surface area contributed by atoms with Crippen molar-refractivity contribution >= 4 is 52.5 Å². The number of aliphatic hydroxyl groups is 1. The number of benzene rings is 2. The van der Waals surface area contributed by atoms with E-state index in [0.29, 0.717) is 66.2 Å². The molecule has 4 N–H and O–H groups in total. The van der Waals surface area contributed by atoms with Gasteiger partial charge in [-0.25, -0.2) is 13.8 Å². The molecule has 5 heterocycles. The van der Waals surface area contributed by atoms with Gasteiger partial charge in [0, 0.05) is 68.1 Å². The van der Waals surface area contributed by atoms with Gasteiger partial charge in [-0.2, -0.15) is 4.98 Å². The average molecular weight is 898 g/mol. The van der Waals surface area contributed by atoms with Crippen LogP contribution in [-0.4, -0.2) is 115 Å². The van der Waals surface area contributed by atoms with Gasteiger partial charge in [-0.3, -0.25) is 24.5 Å². The number of carbonyl (C=O) groups excluding carboxylic acids is 4. The molecule has 1 aromatic heterocycles. The molecule has 2 aliphatic carbocycles. The normalized spacial score (nSPS) is 24.2. The zero-order valence-electron chi connectivity index (χ0n) is 37.6. The maximum Gasteiger partial charge on any atom is 0.251 e. The highest BCUT2D eigenvalue weighted by Crippen LogP contribution is 2.56. The lowest BCUT2D eigenvalue weighted by Crippen LogP contribution is -2.64. The van der Waals surface area contributed by atoms with Crippen LogP contribution in [0, 0.1) is 23.0 Å². The first-order valence-corrected chi connectivity index (χ1v) is 23.4. The molecule has 3 aromatic rings. The van der Waals surface area contributed by atoms with E-state index >= 15 is 8.78 Å². The van der Waals surface area contributed by atoms with E-state index in [0.717, 1.165) is 83.2 Å². The highest BCUT2D eigenvalue weighted by Gasteiger charge is 2.55. The number of methoxy groups -OCH3 is 1. The number of nitrogens with one attached hydrogen (secondary N) is 3. The van der Waals surface area contributed by atoms with Crippen LogP contribution in [0.2, 0.25) is 0 Å². The molecule has 0 radical (unpaired) electrons. The van der Waals surface area contributed by atoms with Crippen LogP contribution in [0.15, 0.2) is 36.5 Å². The van der Waals surface area contributed by atoms with Gasteiger partial charge in [-0.05, 0) is 119 Å². The third-order valence-corrected chi connectivity index (χ3v) is 15.3. The summed E-state index contributed by atoms with van der Waals surface area (Å²) >= 11 is 0. The van der Waals surface area contributed by atoms with Crippen LogP contribution in [0.3, 0.4) is 0 Å². The first-order valence-electron chi connectivity index (χ1n) is 23.4. The van der Waals surface area contributed by atoms with E-state index in [2.05, 4.69) is 30.7 Å². The number of ether oxygens (including phenoxy) is 1. The van der Waals surface area contributed by atoms with Crippen LogP contribution in [0.25, 0.3) is 0 Å².